The number of nitrogens with one attached hydrogen (secondary N) is 1. The fourth-order valence-electron chi connectivity index (χ4n) is 4.19. The van der Waals surface area contributed by atoms with E-state index in [4.69, 9.17) is 5.10 Å². The summed E-state index contributed by atoms with van der Waals surface area (Å²) < 4.78 is 2.88. The third kappa shape index (κ3) is 4.20. The molecule has 4 rings (SSSR count). The average Bonchev–Trinajstić information content (AvgIpc) is 3.12. The Hall–Kier alpha value is -3.13. The topological polar surface area (TPSA) is 94.5 Å². The van der Waals surface area contributed by atoms with Gasteiger partial charge in [-0.1, -0.05) is 0 Å². The lowest BCUT2D eigenvalue weighted by molar-refractivity contribution is -0.909. The molecule has 1 aromatic carbocycles. The first-order valence-electron chi connectivity index (χ1n) is 10.6. The molecule has 0 unspecified atom stereocenters. The molecular weight excluding hydrogens is 394 g/mol. The van der Waals surface area contributed by atoms with Gasteiger partial charge in [0.25, 0.3) is 0 Å². The second-order valence-electron chi connectivity index (χ2n) is 8.98. The van der Waals surface area contributed by atoms with Crippen LogP contribution < -0.4 is 14.9 Å². The van der Waals surface area contributed by atoms with Crippen LogP contribution in [0, 0.1) is 6.92 Å². The van der Waals surface area contributed by atoms with Crippen LogP contribution in [0.15, 0.2) is 36.5 Å². The Bertz CT molecular complexity index is 1130. The van der Waals surface area contributed by atoms with Gasteiger partial charge >= 0.3 is 11.6 Å². The lowest BCUT2D eigenvalue weighted by atomic mass is 9.84. The van der Waals surface area contributed by atoms with Crippen LogP contribution in [-0.2, 0) is 0 Å². The van der Waals surface area contributed by atoms with E-state index in [1.165, 1.54) is 0 Å². The number of hydrogen-bond acceptors (Lipinski definition) is 5. The van der Waals surface area contributed by atoms with Crippen molar-refractivity contribution in [3.05, 3.63) is 47.9 Å². The number of aromatic nitrogens is 3. The van der Waals surface area contributed by atoms with Crippen LogP contribution >= 0.6 is 0 Å². The lowest BCUT2D eigenvalue weighted by Gasteiger charge is -2.33. The number of hydrogen-bond donors (Lipinski definition) is 3. The molecule has 2 heterocycles. The van der Waals surface area contributed by atoms with Gasteiger partial charge in [-0.05, 0) is 50.8 Å². The van der Waals surface area contributed by atoms with Crippen LogP contribution in [0.1, 0.15) is 54.8 Å². The summed E-state index contributed by atoms with van der Waals surface area (Å²) in [6.07, 6.45) is 5.30. The fourth-order valence-corrected chi connectivity index (χ4v) is 4.19. The van der Waals surface area contributed by atoms with Crippen molar-refractivity contribution in [2.75, 3.05) is 24.3 Å². The molecule has 1 amide bonds. The van der Waals surface area contributed by atoms with Gasteiger partial charge in [0.1, 0.15) is 0 Å². The third-order valence-electron chi connectivity index (χ3n) is 6.16. The van der Waals surface area contributed by atoms with E-state index in [1.54, 1.807) is 25.1 Å². The monoisotopic (exact) mass is 424 g/mol. The first kappa shape index (κ1) is 21.1. The minimum absolute atomic E-state index is 0.162. The number of aliphatic hydroxyl groups is 1. The fraction of sp³-hybridized carbons (Fsp3) is 0.435. The normalized spacial score (nSPS) is 21.3. The predicted octanol–water partition coefficient (Wildman–Crippen LogP) is 3.05. The Labute approximate surface area is 181 Å². The summed E-state index contributed by atoms with van der Waals surface area (Å²) in [5.74, 6) is -0.393. The first-order valence-corrected chi connectivity index (χ1v) is 10.6. The molecule has 1 aliphatic carbocycles. The van der Waals surface area contributed by atoms with Gasteiger partial charge in [0.15, 0.2) is 0 Å². The number of benzene rings is 1. The highest BCUT2D eigenvalue weighted by Gasteiger charge is 2.30. The van der Waals surface area contributed by atoms with E-state index in [2.05, 4.69) is 5.32 Å². The molecule has 8 heteroatoms. The van der Waals surface area contributed by atoms with E-state index in [1.807, 2.05) is 48.9 Å². The summed E-state index contributed by atoms with van der Waals surface area (Å²) in [6.45, 7) is 3.62. The van der Waals surface area contributed by atoms with Crippen molar-refractivity contribution in [3.8, 4) is 0 Å². The number of anilines is 2. The zero-order valence-corrected chi connectivity index (χ0v) is 18.5. The van der Waals surface area contributed by atoms with Crippen LogP contribution in [0.5, 0.6) is 0 Å². The summed E-state index contributed by atoms with van der Waals surface area (Å²) in [7, 11) is 3.83. The van der Waals surface area contributed by atoms with Crippen molar-refractivity contribution in [1.29, 1.82) is 0 Å². The maximum Gasteiger partial charge on any atom is 0.325 e. The van der Waals surface area contributed by atoms with Gasteiger partial charge in [-0.2, -0.15) is 5.10 Å². The van der Waals surface area contributed by atoms with E-state index in [0.29, 0.717) is 11.4 Å². The molecule has 31 heavy (non-hydrogen) atoms. The van der Waals surface area contributed by atoms with Gasteiger partial charge in [0.2, 0.25) is 5.69 Å². The highest BCUT2D eigenvalue weighted by molar-refractivity contribution is 6.05. The molecule has 3 aromatic rings. The van der Waals surface area contributed by atoms with Crippen molar-refractivity contribution in [3.63, 3.8) is 0 Å². The molecule has 1 saturated carbocycles. The molecule has 2 aromatic heterocycles. The Morgan fingerprint density at radius 3 is 2.68 bits per heavy atom. The summed E-state index contributed by atoms with van der Waals surface area (Å²) in [6, 6.07) is 9.18. The Balaban J connectivity index is 1.66. The molecule has 1 fully saturated rings. The molecule has 164 valence electrons. The van der Waals surface area contributed by atoms with Gasteiger partial charge in [0.05, 0.1) is 28.5 Å². The zero-order chi connectivity index (χ0) is 22.3. The number of carbonyl (C=O) groups excluding carboxylic acids is 1. The molecule has 3 N–H and O–H groups in total. The summed E-state index contributed by atoms with van der Waals surface area (Å²) in [5.41, 5.74) is 2.48. The van der Waals surface area contributed by atoms with Crippen LogP contribution in [0.4, 0.5) is 11.4 Å². The number of amides is 1. The largest absolute Gasteiger partial charge is 0.390 e. The second-order valence-corrected chi connectivity index (χ2v) is 8.98. The number of nitrogens with zero attached hydrogens (tertiary/aromatic N) is 4. The van der Waals surface area contributed by atoms with Crippen molar-refractivity contribution in [1.82, 2.24) is 9.78 Å². The molecule has 0 saturated heterocycles. The van der Waals surface area contributed by atoms with Crippen molar-refractivity contribution < 1.29 is 19.8 Å². The van der Waals surface area contributed by atoms with Gasteiger partial charge in [0, 0.05) is 49.5 Å². The van der Waals surface area contributed by atoms with Crippen molar-refractivity contribution >= 4 is 28.2 Å². The molecule has 1 aliphatic rings. The third-order valence-corrected chi connectivity index (χ3v) is 6.16. The maximum atomic E-state index is 12.9. The van der Waals surface area contributed by atoms with Gasteiger partial charge < -0.3 is 15.3 Å². The maximum absolute atomic E-state index is 12.9. The number of pyridine rings is 1. The second kappa shape index (κ2) is 7.85. The zero-order valence-electron chi connectivity index (χ0n) is 18.5. The Morgan fingerprint density at radius 2 is 2.00 bits per heavy atom. The highest BCUT2D eigenvalue weighted by atomic mass is 16.5. The van der Waals surface area contributed by atoms with Crippen LogP contribution in [0.25, 0.3) is 10.9 Å². The number of aryl methyl sites for hydroxylation is 1. The first-order chi connectivity index (χ1) is 14.6. The lowest BCUT2D eigenvalue weighted by Crippen LogP contribution is -2.42. The van der Waals surface area contributed by atoms with E-state index >= 15 is 0 Å². The SMILES string of the molecule is Cc1cccc(C(=O)Nc2cc3cn(C4CCC(C)(O)CC4)nc3cc2N(C)C)[n+]1O. The molecule has 0 aliphatic heterocycles. The van der Waals surface area contributed by atoms with Crippen LogP contribution in [-0.4, -0.2) is 45.7 Å². The Kier molecular flexibility index (Phi) is 5.35. The number of rotatable bonds is 4. The minimum atomic E-state index is -0.585. The number of fused-ring (bicyclic) bond motifs is 1. The summed E-state index contributed by atoms with van der Waals surface area (Å²) in [4.78, 5) is 14.8. The summed E-state index contributed by atoms with van der Waals surface area (Å²) in [5, 5.41) is 29.1. The van der Waals surface area contributed by atoms with Crippen molar-refractivity contribution in [2.24, 2.45) is 0 Å². The van der Waals surface area contributed by atoms with E-state index < -0.39 is 11.5 Å². The highest BCUT2D eigenvalue weighted by Crippen LogP contribution is 2.36. The standard InChI is InChI=1S/C23H29N5O3/c1-15-6-5-7-20(28(15)31)22(29)24-19-12-16-14-27(17-8-10-23(2,30)11-9-17)25-18(16)13-21(19)26(3)4/h5-7,12-14,17,30H,8-11H2,1-4H3,(H-,24,29,31)/p+1. The quantitative estimate of drug-likeness (QED) is 0.442. The molecule has 0 spiro atoms. The van der Waals surface area contributed by atoms with E-state index in [0.717, 1.165) is 47.0 Å². The Morgan fingerprint density at radius 1 is 1.29 bits per heavy atom. The molecule has 0 radical (unpaired) electrons. The smallest absolute Gasteiger partial charge is 0.325 e. The molecule has 0 atom stereocenters. The molecule has 8 nitrogen and oxygen atoms in total. The van der Waals surface area contributed by atoms with E-state index in [9.17, 15) is 15.1 Å². The van der Waals surface area contributed by atoms with Gasteiger partial charge in [-0.25, -0.2) is 0 Å². The molecule has 0 bridgehead atoms. The predicted molar refractivity (Wildman–Crippen MR) is 119 cm³/mol. The van der Waals surface area contributed by atoms with E-state index in [-0.39, 0.29) is 11.7 Å². The van der Waals surface area contributed by atoms with Crippen LogP contribution in [0.3, 0.4) is 0 Å². The van der Waals surface area contributed by atoms with Gasteiger partial charge in [-0.3, -0.25) is 14.7 Å². The van der Waals surface area contributed by atoms with Crippen LogP contribution in [0.2, 0.25) is 0 Å². The van der Waals surface area contributed by atoms with Crippen molar-refractivity contribution in [2.45, 2.75) is 51.2 Å². The summed E-state index contributed by atoms with van der Waals surface area (Å²) >= 11 is 0. The number of carbonyl (C=O) groups is 1. The molecular formula is C23H30N5O3+. The minimum Gasteiger partial charge on any atom is -0.390 e. The average molecular weight is 425 g/mol. The van der Waals surface area contributed by atoms with Gasteiger partial charge in [-0.15, -0.1) is 0 Å².